The summed E-state index contributed by atoms with van der Waals surface area (Å²) < 4.78 is 0. The van der Waals surface area contributed by atoms with Crippen molar-refractivity contribution in [2.45, 2.75) is 18.9 Å². The fourth-order valence-electron chi connectivity index (χ4n) is 1.69. The summed E-state index contributed by atoms with van der Waals surface area (Å²) in [5, 5.41) is 18.5. The van der Waals surface area contributed by atoms with Gasteiger partial charge in [-0.2, -0.15) is 5.01 Å². The van der Waals surface area contributed by atoms with Crippen LogP contribution in [0.15, 0.2) is 0 Å². The Balaban J connectivity index is 2.37. The first-order chi connectivity index (χ1) is 5.22. The van der Waals surface area contributed by atoms with Gasteiger partial charge in [-0.05, 0) is 12.8 Å². The summed E-state index contributed by atoms with van der Waals surface area (Å²) in [6, 6.07) is 0.0278. The van der Waals surface area contributed by atoms with Crippen LogP contribution in [0.3, 0.4) is 0 Å². The largest absolute Gasteiger partial charge is 0.357 e. The van der Waals surface area contributed by atoms with Crippen LogP contribution < -0.4 is 5.73 Å². The van der Waals surface area contributed by atoms with Gasteiger partial charge in [-0.1, -0.05) is 0 Å². The summed E-state index contributed by atoms with van der Waals surface area (Å²) in [5.41, 5.74) is 5.79. The van der Waals surface area contributed by atoms with Gasteiger partial charge in [0.15, 0.2) is 5.71 Å². The van der Waals surface area contributed by atoms with Crippen LogP contribution in [0.2, 0.25) is 0 Å². The average molecular weight is 155 g/mol. The number of nitrogens with one attached hydrogen (secondary N) is 1. The standard InChI is InChI=1S/C6H10N4O/c7-5-4-2-1-3-9(4)10(11)6(5)8/h4,7-8,11H,1-3H2/p+1. The Bertz CT molecular complexity index is 247. The van der Waals surface area contributed by atoms with E-state index in [4.69, 9.17) is 11.1 Å². The van der Waals surface area contributed by atoms with Gasteiger partial charge in [0.1, 0.15) is 6.04 Å². The maximum atomic E-state index is 9.29. The van der Waals surface area contributed by atoms with Crippen LogP contribution in [0, 0.1) is 5.41 Å². The smallest absolute Gasteiger partial charge is 0.330 e. The molecule has 5 nitrogen and oxygen atoms in total. The van der Waals surface area contributed by atoms with Crippen molar-refractivity contribution in [1.82, 2.24) is 5.01 Å². The molecule has 0 saturated carbocycles. The van der Waals surface area contributed by atoms with Crippen molar-refractivity contribution in [2.24, 2.45) is 5.73 Å². The Hall–Kier alpha value is -1.26. The summed E-state index contributed by atoms with van der Waals surface area (Å²) >= 11 is 0. The zero-order chi connectivity index (χ0) is 8.01. The third-order valence-corrected chi connectivity index (χ3v) is 2.29. The van der Waals surface area contributed by atoms with Gasteiger partial charge in [-0.3, -0.25) is 11.1 Å². The van der Waals surface area contributed by atoms with Crippen molar-refractivity contribution in [3.05, 3.63) is 0 Å². The van der Waals surface area contributed by atoms with E-state index in [1.807, 2.05) is 0 Å². The Kier molecular flexibility index (Phi) is 1.10. The van der Waals surface area contributed by atoms with Crippen molar-refractivity contribution in [3.63, 3.8) is 0 Å². The Morgan fingerprint density at radius 2 is 2.45 bits per heavy atom. The van der Waals surface area contributed by atoms with E-state index in [2.05, 4.69) is 0 Å². The van der Waals surface area contributed by atoms with Gasteiger partial charge >= 0.3 is 5.84 Å². The van der Waals surface area contributed by atoms with Crippen molar-refractivity contribution >= 4 is 11.5 Å². The quantitative estimate of drug-likeness (QED) is 0.315. The normalized spacial score (nSPS) is 30.0. The lowest BCUT2D eigenvalue weighted by atomic mass is 10.1. The van der Waals surface area contributed by atoms with Gasteiger partial charge in [0.25, 0.3) is 0 Å². The Morgan fingerprint density at radius 1 is 1.73 bits per heavy atom. The highest BCUT2D eigenvalue weighted by molar-refractivity contribution is 6.40. The van der Waals surface area contributed by atoms with E-state index in [1.165, 1.54) is 0 Å². The van der Waals surface area contributed by atoms with Crippen molar-refractivity contribution in [3.8, 4) is 0 Å². The maximum absolute atomic E-state index is 9.29. The molecule has 60 valence electrons. The molecule has 0 amide bonds. The molecule has 1 unspecified atom stereocenters. The third kappa shape index (κ3) is 0.649. The van der Waals surface area contributed by atoms with Gasteiger partial charge < -0.3 is 5.21 Å². The van der Waals surface area contributed by atoms with E-state index < -0.39 is 0 Å². The molecule has 0 aromatic heterocycles. The molecule has 2 rings (SSSR count). The monoisotopic (exact) mass is 155 g/mol. The van der Waals surface area contributed by atoms with Crippen LogP contribution >= 0.6 is 0 Å². The average Bonchev–Trinajstić information content (AvgIpc) is 2.53. The molecule has 2 aliphatic heterocycles. The van der Waals surface area contributed by atoms with Crippen LogP contribution in [0.4, 0.5) is 0 Å². The predicted molar refractivity (Wildman–Crippen MR) is 38.7 cm³/mol. The molecule has 0 radical (unpaired) electrons. The van der Waals surface area contributed by atoms with E-state index >= 15 is 0 Å². The second-order valence-corrected chi connectivity index (χ2v) is 2.91. The summed E-state index contributed by atoms with van der Waals surface area (Å²) in [4.78, 5) is 0.903. The zero-order valence-electron chi connectivity index (χ0n) is 6.12. The van der Waals surface area contributed by atoms with Crippen LogP contribution in [0.25, 0.3) is 0 Å². The first-order valence-electron chi connectivity index (χ1n) is 3.68. The van der Waals surface area contributed by atoms with Crippen molar-refractivity contribution < 1.29 is 10.1 Å². The summed E-state index contributed by atoms with van der Waals surface area (Å²) in [6.07, 6.45) is 1.95. The second kappa shape index (κ2) is 1.87. The molecular formula is C6H11N4O+. The number of hydrazone groups is 1. The Labute approximate surface area is 64.2 Å². The molecule has 4 N–H and O–H groups in total. The molecule has 5 heteroatoms. The molecule has 2 aliphatic rings. The number of hydrogen-bond acceptors (Lipinski definition) is 4. The van der Waals surface area contributed by atoms with Gasteiger partial charge in [0, 0.05) is 4.85 Å². The molecule has 2 heterocycles. The SMILES string of the molecule is N=C1C(N)=[N+](O)N2CCCC12. The van der Waals surface area contributed by atoms with Crippen LogP contribution in [-0.2, 0) is 0 Å². The minimum atomic E-state index is 0.0278. The fourth-order valence-corrected chi connectivity index (χ4v) is 1.69. The molecule has 0 aromatic rings. The number of rotatable bonds is 0. The summed E-state index contributed by atoms with van der Waals surface area (Å²) in [6.45, 7) is 0.796. The number of fused-ring (bicyclic) bond motifs is 1. The lowest BCUT2D eigenvalue weighted by molar-refractivity contribution is -0.883. The lowest BCUT2D eigenvalue weighted by Crippen LogP contribution is -2.33. The highest BCUT2D eigenvalue weighted by atomic mass is 16.5. The molecular weight excluding hydrogens is 144 g/mol. The molecule has 1 fully saturated rings. The van der Waals surface area contributed by atoms with Crippen LogP contribution in [-0.4, -0.2) is 39.2 Å². The van der Waals surface area contributed by atoms with Gasteiger partial charge in [0.05, 0.1) is 6.54 Å². The maximum Gasteiger partial charge on any atom is 0.357 e. The van der Waals surface area contributed by atoms with E-state index in [1.54, 1.807) is 5.01 Å². The first kappa shape index (κ1) is 6.45. The van der Waals surface area contributed by atoms with Gasteiger partial charge in [-0.15, -0.1) is 0 Å². The van der Waals surface area contributed by atoms with Gasteiger partial charge in [0.2, 0.25) is 0 Å². The minimum Gasteiger partial charge on any atom is -0.330 e. The van der Waals surface area contributed by atoms with E-state index in [0.717, 1.165) is 24.2 Å². The summed E-state index contributed by atoms with van der Waals surface area (Å²) in [7, 11) is 0. The van der Waals surface area contributed by atoms with Gasteiger partial charge in [-0.25, -0.2) is 0 Å². The van der Waals surface area contributed by atoms with E-state index in [0.29, 0.717) is 5.71 Å². The molecule has 0 spiro atoms. The van der Waals surface area contributed by atoms with E-state index in [-0.39, 0.29) is 11.9 Å². The number of amidine groups is 1. The Morgan fingerprint density at radius 3 is 3.09 bits per heavy atom. The van der Waals surface area contributed by atoms with Crippen LogP contribution in [0.5, 0.6) is 0 Å². The number of hydrazine groups is 1. The number of nitrogens with zero attached hydrogens (tertiary/aromatic N) is 2. The van der Waals surface area contributed by atoms with Crippen LogP contribution in [0.1, 0.15) is 12.8 Å². The highest BCUT2D eigenvalue weighted by Gasteiger charge is 2.44. The summed E-state index contributed by atoms with van der Waals surface area (Å²) in [5.74, 6) is 0.176. The lowest BCUT2D eigenvalue weighted by Gasteiger charge is -2.11. The topological polar surface area (TPSA) is 76.3 Å². The first-order valence-corrected chi connectivity index (χ1v) is 3.68. The third-order valence-electron chi connectivity index (χ3n) is 2.29. The number of hydrogen-bond donors (Lipinski definition) is 3. The zero-order valence-corrected chi connectivity index (χ0v) is 6.12. The molecule has 0 bridgehead atoms. The van der Waals surface area contributed by atoms with Crippen molar-refractivity contribution in [1.29, 1.82) is 5.41 Å². The molecule has 1 saturated heterocycles. The number of nitrogens with two attached hydrogens (primary N) is 1. The minimum absolute atomic E-state index is 0.0278. The second-order valence-electron chi connectivity index (χ2n) is 2.91. The molecule has 0 aliphatic carbocycles. The predicted octanol–water partition coefficient (Wildman–Crippen LogP) is -0.842. The molecule has 11 heavy (non-hydrogen) atoms. The molecule has 0 aromatic carbocycles. The molecule has 1 atom stereocenters. The fraction of sp³-hybridized carbons (Fsp3) is 0.667. The highest BCUT2D eigenvalue weighted by Crippen LogP contribution is 2.21. The van der Waals surface area contributed by atoms with Crippen molar-refractivity contribution in [2.75, 3.05) is 6.54 Å². The van der Waals surface area contributed by atoms with E-state index in [9.17, 15) is 5.21 Å².